The molecule has 1 heterocycles. The van der Waals surface area contributed by atoms with Gasteiger partial charge >= 0.3 is 12.0 Å². The molecule has 0 radical (unpaired) electrons. The number of rotatable bonds is 7. The minimum Gasteiger partial charge on any atom is -0.486 e. The maximum Gasteiger partial charge on any atom is 0.315 e. The first-order valence-electron chi connectivity index (χ1n) is 10.1. The highest BCUT2D eigenvalue weighted by atomic mass is 35.5. The van der Waals surface area contributed by atoms with Gasteiger partial charge in [0, 0.05) is 17.0 Å². The molecule has 0 fully saturated rings. The highest BCUT2D eigenvalue weighted by Gasteiger charge is 2.26. The molecule has 2 aromatic carbocycles. The van der Waals surface area contributed by atoms with Crippen molar-refractivity contribution in [2.24, 2.45) is 0 Å². The molecule has 0 aliphatic carbocycles. The van der Waals surface area contributed by atoms with Crippen molar-refractivity contribution in [3.8, 4) is 11.5 Å². The number of fused-ring (bicyclic) bond motifs is 1. The molecule has 1 aliphatic heterocycles. The number of hydrogen-bond acceptors (Lipinski definition) is 5. The summed E-state index contributed by atoms with van der Waals surface area (Å²) in [4.78, 5) is 24.5. The van der Waals surface area contributed by atoms with Crippen LogP contribution >= 0.6 is 11.6 Å². The minimum atomic E-state index is -0.612. The van der Waals surface area contributed by atoms with Gasteiger partial charge in [-0.1, -0.05) is 49.7 Å². The lowest BCUT2D eigenvalue weighted by Crippen LogP contribution is -2.44. The van der Waals surface area contributed by atoms with Crippen LogP contribution < -0.4 is 20.1 Å². The van der Waals surface area contributed by atoms with Gasteiger partial charge in [-0.15, -0.1) is 0 Å². The van der Waals surface area contributed by atoms with E-state index in [1.165, 1.54) is 7.11 Å². The number of ether oxygens (including phenoxy) is 3. The van der Waals surface area contributed by atoms with Crippen molar-refractivity contribution < 1.29 is 23.8 Å². The van der Waals surface area contributed by atoms with E-state index in [9.17, 15) is 9.59 Å². The molecule has 2 N–H and O–H groups in total. The Hall–Kier alpha value is -2.93. The van der Waals surface area contributed by atoms with Crippen molar-refractivity contribution in [1.29, 1.82) is 0 Å². The average Bonchev–Trinajstić information content (AvgIpc) is 2.77. The number of esters is 1. The number of benzene rings is 2. The van der Waals surface area contributed by atoms with Gasteiger partial charge in [0.25, 0.3) is 0 Å². The molecule has 7 nitrogen and oxygen atoms in total. The van der Waals surface area contributed by atoms with Crippen LogP contribution in [0.15, 0.2) is 42.5 Å². The summed E-state index contributed by atoms with van der Waals surface area (Å²) < 4.78 is 16.0. The molecule has 8 heteroatoms. The SMILES string of the molecule is COC(=O)CC(NC(=O)NCC(C)(C)c1ccc2c(c1)OCCO2)c1ccccc1Cl. The van der Waals surface area contributed by atoms with Crippen LogP contribution in [0, 0.1) is 0 Å². The topological polar surface area (TPSA) is 85.9 Å². The van der Waals surface area contributed by atoms with Crippen molar-refractivity contribution in [3.63, 3.8) is 0 Å². The van der Waals surface area contributed by atoms with Crippen LogP contribution in [0.1, 0.15) is 37.4 Å². The second kappa shape index (κ2) is 9.92. The molecule has 0 saturated carbocycles. The Morgan fingerprint density at radius 2 is 1.84 bits per heavy atom. The molecule has 1 aliphatic rings. The first-order valence-corrected chi connectivity index (χ1v) is 10.4. The van der Waals surface area contributed by atoms with E-state index in [1.54, 1.807) is 24.3 Å². The summed E-state index contributed by atoms with van der Waals surface area (Å²) in [5.41, 5.74) is 1.29. The number of halogens is 1. The lowest BCUT2D eigenvalue weighted by atomic mass is 9.84. The number of amides is 2. The second-order valence-electron chi connectivity index (χ2n) is 7.92. The fraction of sp³-hybridized carbons (Fsp3) is 0.391. The lowest BCUT2D eigenvalue weighted by Gasteiger charge is -2.28. The number of nitrogens with one attached hydrogen (secondary N) is 2. The predicted octanol–water partition coefficient (Wildman–Crippen LogP) is 3.99. The van der Waals surface area contributed by atoms with Gasteiger partial charge in [0.15, 0.2) is 11.5 Å². The van der Waals surface area contributed by atoms with Gasteiger partial charge in [-0.05, 0) is 29.3 Å². The van der Waals surface area contributed by atoms with Crippen LogP contribution in [0.3, 0.4) is 0 Å². The second-order valence-corrected chi connectivity index (χ2v) is 8.33. The first kappa shape index (κ1) is 22.7. The maximum atomic E-state index is 12.7. The summed E-state index contributed by atoms with van der Waals surface area (Å²) in [7, 11) is 1.31. The molecule has 0 saturated heterocycles. The van der Waals surface area contributed by atoms with E-state index in [0.29, 0.717) is 36.1 Å². The van der Waals surface area contributed by atoms with E-state index in [0.717, 1.165) is 11.3 Å². The highest BCUT2D eigenvalue weighted by molar-refractivity contribution is 6.31. The van der Waals surface area contributed by atoms with Crippen molar-refractivity contribution in [1.82, 2.24) is 10.6 Å². The fourth-order valence-corrected chi connectivity index (χ4v) is 3.59. The van der Waals surface area contributed by atoms with Gasteiger partial charge in [-0.3, -0.25) is 4.79 Å². The molecule has 2 amide bonds. The first-order chi connectivity index (χ1) is 14.8. The molecule has 0 aromatic heterocycles. The van der Waals surface area contributed by atoms with E-state index in [4.69, 9.17) is 25.8 Å². The maximum absolute atomic E-state index is 12.7. The minimum absolute atomic E-state index is 0.0286. The molecule has 0 bridgehead atoms. The molecule has 3 rings (SSSR count). The largest absolute Gasteiger partial charge is 0.486 e. The summed E-state index contributed by atoms with van der Waals surface area (Å²) in [6, 6.07) is 11.9. The molecule has 166 valence electrons. The summed E-state index contributed by atoms with van der Waals surface area (Å²) >= 11 is 6.27. The van der Waals surface area contributed by atoms with Crippen molar-refractivity contribution in [2.75, 3.05) is 26.9 Å². The summed E-state index contributed by atoms with van der Waals surface area (Å²) in [6.45, 7) is 5.47. The predicted molar refractivity (Wildman–Crippen MR) is 118 cm³/mol. The molecular weight excluding hydrogens is 420 g/mol. The summed E-state index contributed by atoms with van der Waals surface area (Å²) in [5, 5.41) is 6.19. The van der Waals surface area contributed by atoms with Crippen LogP contribution in [0.2, 0.25) is 5.02 Å². The van der Waals surface area contributed by atoms with E-state index in [1.807, 2.05) is 32.0 Å². The zero-order valence-corrected chi connectivity index (χ0v) is 18.6. The van der Waals surface area contributed by atoms with Crippen LogP contribution in [0.4, 0.5) is 4.79 Å². The van der Waals surface area contributed by atoms with Gasteiger partial charge in [0.2, 0.25) is 0 Å². The van der Waals surface area contributed by atoms with Gasteiger partial charge in [0.1, 0.15) is 13.2 Å². The molecule has 0 spiro atoms. The number of hydrogen-bond donors (Lipinski definition) is 2. The molecule has 2 aromatic rings. The molecule has 1 atom stereocenters. The van der Waals surface area contributed by atoms with Gasteiger partial charge < -0.3 is 24.8 Å². The standard InChI is InChI=1S/C23H27ClN2O5/c1-23(2,15-8-9-19-20(12-15)31-11-10-30-19)14-25-22(28)26-18(13-21(27)29-3)16-6-4-5-7-17(16)24/h4-9,12,18H,10-11,13-14H2,1-3H3,(H2,25,26,28). The Labute approximate surface area is 187 Å². The number of carbonyl (C=O) groups is 2. The van der Waals surface area contributed by atoms with E-state index in [2.05, 4.69) is 10.6 Å². The lowest BCUT2D eigenvalue weighted by molar-refractivity contribution is -0.141. The van der Waals surface area contributed by atoms with E-state index >= 15 is 0 Å². The molecule has 1 unspecified atom stereocenters. The number of methoxy groups -OCH3 is 1. The van der Waals surface area contributed by atoms with Crippen molar-refractivity contribution in [2.45, 2.75) is 31.7 Å². The zero-order valence-electron chi connectivity index (χ0n) is 17.9. The third-order valence-electron chi connectivity index (χ3n) is 5.20. The van der Waals surface area contributed by atoms with Gasteiger partial charge in [0.05, 0.1) is 19.6 Å². The van der Waals surface area contributed by atoms with Crippen LogP contribution in [-0.4, -0.2) is 38.9 Å². The van der Waals surface area contributed by atoms with E-state index < -0.39 is 18.0 Å². The fourth-order valence-electron chi connectivity index (χ4n) is 3.32. The summed E-state index contributed by atoms with van der Waals surface area (Å²) in [6.07, 6.45) is -0.0286. The van der Waals surface area contributed by atoms with Gasteiger partial charge in [-0.2, -0.15) is 0 Å². The Morgan fingerprint density at radius 1 is 1.13 bits per heavy atom. The monoisotopic (exact) mass is 446 g/mol. The molecular formula is C23H27ClN2O5. The quantitative estimate of drug-likeness (QED) is 0.628. The molecule has 31 heavy (non-hydrogen) atoms. The van der Waals surface area contributed by atoms with Crippen molar-refractivity contribution >= 4 is 23.6 Å². The highest BCUT2D eigenvalue weighted by Crippen LogP contribution is 2.35. The van der Waals surface area contributed by atoms with Crippen molar-refractivity contribution in [3.05, 3.63) is 58.6 Å². The smallest absolute Gasteiger partial charge is 0.315 e. The Morgan fingerprint density at radius 3 is 2.55 bits per heavy atom. The number of urea groups is 1. The Kier molecular flexibility index (Phi) is 7.28. The zero-order chi connectivity index (χ0) is 22.4. The third-order valence-corrected chi connectivity index (χ3v) is 5.54. The Bertz CT molecular complexity index is 947. The van der Waals surface area contributed by atoms with E-state index in [-0.39, 0.29) is 11.8 Å². The third kappa shape index (κ3) is 5.82. The Balaban J connectivity index is 1.66. The van der Waals surface area contributed by atoms with Gasteiger partial charge in [-0.25, -0.2) is 4.79 Å². The van der Waals surface area contributed by atoms with Crippen LogP contribution in [0.25, 0.3) is 0 Å². The average molecular weight is 447 g/mol. The normalized spacial score (nSPS) is 13.8. The summed E-state index contributed by atoms with van der Waals surface area (Å²) in [5.74, 6) is 0.988. The number of carbonyl (C=O) groups excluding carboxylic acids is 2. The van der Waals surface area contributed by atoms with Crippen LogP contribution in [-0.2, 0) is 14.9 Å². The van der Waals surface area contributed by atoms with Crippen LogP contribution in [0.5, 0.6) is 11.5 Å².